The van der Waals surface area contributed by atoms with Crippen LogP contribution in [0.2, 0.25) is 0 Å². The van der Waals surface area contributed by atoms with Gasteiger partial charge in [-0.1, -0.05) is 24.3 Å². The van der Waals surface area contributed by atoms with Crippen molar-refractivity contribution in [3.63, 3.8) is 0 Å². The molecule has 0 saturated carbocycles. The summed E-state index contributed by atoms with van der Waals surface area (Å²) in [5.41, 5.74) is 3.89. The van der Waals surface area contributed by atoms with Crippen LogP contribution in [0, 0.1) is 0 Å². The van der Waals surface area contributed by atoms with E-state index in [1.54, 1.807) is 19.5 Å². The van der Waals surface area contributed by atoms with Crippen LogP contribution >= 0.6 is 0 Å². The van der Waals surface area contributed by atoms with Crippen LogP contribution in [0.25, 0.3) is 10.9 Å². The molecule has 0 bridgehead atoms. The number of benzene rings is 2. The number of aromatic nitrogens is 2. The predicted octanol–water partition coefficient (Wildman–Crippen LogP) is 4.31. The number of anilines is 3. The van der Waals surface area contributed by atoms with Crippen molar-refractivity contribution in [2.45, 2.75) is 25.7 Å². The lowest BCUT2D eigenvalue weighted by atomic mass is 10.0. The van der Waals surface area contributed by atoms with E-state index in [0.717, 1.165) is 55.7 Å². The van der Waals surface area contributed by atoms with Gasteiger partial charge in [-0.05, 0) is 56.5 Å². The molecular weight excluding hydrogens is 414 g/mol. The zero-order chi connectivity index (χ0) is 22.6. The highest BCUT2D eigenvalue weighted by molar-refractivity contribution is 6.03. The molecule has 1 saturated heterocycles. The largest absolute Gasteiger partial charge is 0.494 e. The molecule has 2 aromatic carbocycles. The summed E-state index contributed by atoms with van der Waals surface area (Å²) < 4.78 is 5.56. The summed E-state index contributed by atoms with van der Waals surface area (Å²) in [6.07, 6.45) is 9.71. The second-order valence-electron chi connectivity index (χ2n) is 8.55. The molecule has 2 aliphatic rings. The Morgan fingerprint density at radius 2 is 1.97 bits per heavy atom. The van der Waals surface area contributed by atoms with Gasteiger partial charge in [0.05, 0.1) is 18.3 Å². The summed E-state index contributed by atoms with van der Waals surface area (Å²) in [6, 6.07) is 12.2. The van der Waals surface area contributed by atoms with Crippen LogP contribution in [0.4, 0.5) is 17.2 Å². The second-order valence-corrected chi connectivity index (χ2v) is 8.55. The molecule has 7 nitrogen and oxygen atoms in total. The van der Waals surface area contributed by atoms with Crippen LogP contribution in [-0.2, 0) is 11.2 Å². The van der Waals surface area contributed by atoms with E-state index < -0.39 is 0 Å². The molecule has 3 heterocycles. The van der Waals surface area contributed by atoms with Gasteiger partial charge in [-0.15, -0.1) is 0 Å². The average Bonchev–Trinajstić information content (AvgIpc) is 3.36. The van der Waals surface area contributed by atoms with E-state index in [0.29, 0.717) is 11.4 Å². The Labute approximate surface area is 194 Å². The molecule has 2 aliphatic heterocycles. The number of nitrogens with zero attached hydrogens (tertiary/aromatic N) is 4. The molecule has 1 amide bonds. The van der Waals surface area contributed by atoms with Gasteiger partial charge in [-0.2, -0.15) is 0 Å². The van der Waals surface area contributed by atoms with Crippen LogP contribution in [0.3, 0.4) is 0 Å². The van der Waals surface area contributed by atoms with E-state index >= 15 is 0 Å². The number of fused-ring (bicyclic) bond motifs is 2. The number of carbonyl (C=O) groups excluding carboxylic acids is 1. The first-order valence-corrected chi connectivity index (χ1v) is 11.6. The first-order valence-electron chi connectivity index (χ1n) is 11.6. The third-order valence-corrected chi connectivity index (χ3v) is 6.39. The van der Waals surface area contributed by atoms with Crippen LogP contribution in [0.1, 0.15) is 24.8 Å². The van der Waals surface area contributed by atoms with E-state index in [1.807, 2.05) is 18.2 Å². The number of methoxy groups -OCH3 is 1. The lowest BCUT2D eigenvalue weighted by molar-refractivity contribution is -0.111. The molecule has 0 radical (unpaired) electrons. The number of ether oxygens (including phenoxy) is 1. The number of amides is 1. The number of aryl methyl sites for hydroxylation is 1. The molecule has 1 N–H and O–H groups in total. The summed E-state index contributed by atoms with van der Waals surface area (Å²) in [5.74, 6) is 1.25. The van der Waals surface area contributed by atoms with E-state index in [4.69, 9.17) is 4.74 Å². The molecule has 170 valence electrons. The average molecular weight is 444 g/mol. The summed E-state index contributed by atoms with van der Waals surface area (Å²) in [6.45, 7) is 3.89. The summed E-state index contributed by atoms with van der Waals surface area (Å²) in [7, 11) is 1.60. The number of rotatable bonds is 6. The van der Waals surface area contributed by atoms with Crippen LogP contribution in [-0.4, -0.2) is 54.1 Å². The van der Waals surface area contributed by atoms with Crippen molar-refractivity contribution in [1.82, 2.24) is 14.9 Å². The van der Waals surface area contributed by atoms with Crippen molar-refractivity contribution in [2.75, 3.05) is 43.5 Å². The van der Waals surface area contributed by atoms with Gasteiger partial charge >= 0.3 is 0 Å². The molecule has 0 spiro atoms. The van der Waals surface area contributed by atoms with Crippen molar-refractivity contribution < 1.29 is 9.53 Å². The number of likely N-dealkylation sites (tertiary alicyclic amines) is 1. The Balaban J connectivity index is 1.45. The molecule has 0 unspecified atom stereocenters. The second kappa shape index (κ2) is 9.58. The molecule has 3 aromatic rings. The van der Waals surface area contributed by atoms with E-state index in [2.05, 4.69) is 49.4 Å². The standard InChI is InChI=1S/C26H29N5O2/c1-33-24-17-21-20(16-22(24)29-25(32)11-7-14-30-12-4-5-13-30)26(28-18-27-21)31-15-6-9-19-8-2-3-10-23(19)31/h2-3,7-8,10-11,16-18H,4-6,9,12-15H2,1H3,(H,29,32)/b11-7+. The van der Waals surface area contributed by atoms with Gasteiger partial charge in [-0.3, -0.25) is 9.69 Å². The minimum atomic E-state index is -0.173. The van der Waals surface area contributed by atoms with Gasteiger partial charge in [-0.25, -0.2) is 9.97 Å². The summed E-state index contributed by atoms with van der Waals surface area (Å²) in [5, 5.41) is 3.87. The molecule has 7 heteroatoms. The first-order chi connectivity index (χ1) is 16.2. The van der Waals surface area contributed by atoms with Gasteiger partial charge in [0, 0.05) is 36.3 Å². The maximum Gasteiger partial charge on any atom is 0.248 e. The van der Waals surface area contributed by atoms with Crippen molar-refractivity contribution in [2.24, 2.45) is 0 Å². The van der Waals surface area contributed by atoms with E-state index in [9.17, 15) is 4.79 Å². The highest BCUT2D eigenvalue weighted by atomic mass is 16.5. The fourth-order valence-electron chi connectivity index (χ4n) is 4.75. The highest BCUT2D eigenvalue weighted by Gasteiger charge is 2.22. The van der Waals surface area contributed by atoms with Crippen LogP contribution < -0.4 is 15.0 Å². The molecular formula is C26H29N5O2. The normalized spacial score (nSPS) is 16.3. The number of para-hydroxylation sites is 1. The van der Waals surface area contributed by atoms with Gasteiger partial charge < -0.3 is 15.0 Å². The number of hydrogen-bond donors (Lipinski definition) is 1. The van der Waals surface area contributed by atoms with Crippen molar-refractivity contribution in [3.05, 3.63) is 60.4 Å². The Kier molecular flexibility index (Phi) is 6.21. The number of nitrogens with one attached hydrogen (secondary N) is 1. The number of hydrogen-bond acceptors (Lipinski definition) is 6. The quantitative estimate of drug-likeness (QED) is 0.573. The van der Waals surface area contributed by atoms with Crippen molar-refractivity contribution in [1.29, 1.82) is 0 Å². The Bertz CT molecular complexity index is 1190. The van der Waals surface area contributed by atoms with Gasteiger partial charge in [0.25, 0.3) is 0 Å². The molecule has 1 aromatic heterocycles. The maximum absolute atomic E-state index is 12.6. The van der Waals surface area contributed by atoms with Crippen molar-refractivity contribution >= 4 is 34.0 Å². The van der Waals surface area contributed by atoms with Crippen LogP contribution in [0.5, 0.6) is 5.75 Å². The molecule has 0 aliphatic carbocycles. The summed E-state index contributed by atoms with van der Waals surface area (Å²) in [4.78, 5) is 26.3. The van der Waals surface area contributed by atoms with Crippen molar-refractivity contribution in [3.8, 4) is 5.75 Å². The Morgan fingerprint density at radius 1 is 1.12 bits per heavy atom. The highest BCUT2D eigenvalue weighted by Crippen LogP contribution is 2.38. The molecule has 5 rings (SSSR count). The van der Waals surface area contributed by atoms with E-state index in [1.165, 1.54) is 24.1 Å². The Hall–Kier alpha value is -3.45. The first kappa shape index (κ1) is 21.4. The van der Waals surface area contributed by atoms with Gasteiger partial charge in [0.15, 0.2) is 0 Å². The molecule has 1 fully saturated rings. The van der Waals surface area contributed by atoms with Gasteiger partial charge in [0.2, 0.25) is 5.91 Å². The summed E-state index contributed by atoms with van der Waals surface area (Å²) >= 11 is 0. The fraction of sp³-hybridized carbons (Fsp3) is 0.346. The third-order valence-electron chi connectivity index (χ3n) is 6.39. The topological polar surface area (TPSA) is 70.6 Å². The smallest absolute Gasteiger partial charge is 0.248 e. The number of carbonyl (C=O) groups is 1. The molecule has 33 heavy (non-hydrogen) atoms. The lowest BCUT2D eigenvalue weighted by Gasteiger charge is -2.31. The SMILES string of the molecule is COc1cc2ncnc(N3CCCc4ccccc43)c2cc1NC(=O)/C=C/CN1CCCC1. The van der Waals surface area contributed by atoms with Gasteiger partial charge in [0.1, 0.15) is 17.9 Å². The zero-order valence-electron chi connectivity index (χ0n) is 19.0. The Morgan fingerprint density at radius 3 is 2.82 bits per heavy atom. The molecule has 0 atom stereocenters. The zero-order valence-corrected chi connectivity index (χ0v) is 19.0. The monoisotopic (exact) mass is 443 g/mol. The van der Waals surface area contributed by atoms with E-state index in [-0.39, 0.29) is 5.91 Å². The maximum atomic E-state index is 12.6. The van der Waals surface area contributed by atoms with Crippen LogP contribution in [0.15, 0.2) is 54.9 Å². The minimum absolute atomic E-state index is 0.173. The third kappa shape index (κ3) is 4.54. The predicted molar refractivity (Wildman–Crippen MR) is 131 cm³/mol. The fourth-order valence-corrected chi connectivity index (χ4v) is 4.75. The minimum Gasteiger partial charge on any atom is -0.494 e. The lowest BCUT2D eigenvalue weighted by Crippen LogP contribution is -2.25.